The molecule has 1 fully saturated rings. The van der Waals surface area contributed by atoms with Crippen LogP contribution >= 0.6 is 0 Å². The Bertz CT molecular complexity index is 452. The molecule has 1 saturated heterocycles. The molecule has 0 bridgehead atoms. The van der Waals surface area contributed by atoms with Crippen molar-refractivity contribution in [3.63, 3.8) is 0 Å². The molecule has 3 rings (SSSR count). The van der Waals surface area contributed by atoms with Gasteiger partial charge in [0.05, 0.1) is 0 Å². The molecule has 0 amide bonds. The molecular formula is C16H26N4. The second-order valence-corrected chi connectivity index (χ2v) is 6.09. The second kappa shape index (κ2) is 6.10. The Balaban J connectivity index is 1.71. The molecule has 0 saturated carbocycles. The van der Waals surface area contributed by atoms with Gasteiger partial charge in [-0.15, -0.1) is 0 Å². The maximum absolute atomic E-state index is 4.94. The Morgan fingerprint density at radius 1 is 1.10 bits per heavy atom. The number of hydrogen-bond acceptors (Lipinski definition) is 4. The summed E-state index contributed by atoms with van der Waals surface area (Å²) in [6, 6.07) is 4.53. The molecule has 1 aromatic rings. The number of pyridine rings is 1. The zero-order valence-corrected chi connectivity index (χ0v) is 12.8. The number of piperazine rings is 1. The first-order valence-electron chi connectivity index (χ1n) is 7.91. The van der Waals surface area contributed by atoms with Crippen LogP contribution in [0.15, 0.2) is 12.1 Å². The van der Waals surface area contributed by atoms with E-state index in [1.807, 2.05) is 0 Å². The van der Waals surface area contributed by atoms with Crippen molar-refractivity contribution in [2.45, 2.75) is 26.3 Å². The van der Waals surface area contributed by atoms with Gasteiger partial charge in [-0.05, 0) is 31.6 Å². The van der Waals surface area contributed by atoms with E-state index in [4.69, 9.17) is 4.98 Å². The molecule has 0 aromatic carbocycles. The third-order valence-electron chi connectivity index (χ3n) is 4.48. The minimum absolute atomic E-state index is 1.08. The van der Waals surface area contributed by atoms with Crippen LogP contribution in [-0.2, 0) is 13.0 Å². The lowest BCUT2D eigenvalue weighted by atomic mass is 10.1. The van der Waals surface area contributed by atoms with Crippen LogP contribution in [0.3, 0.4) is 0 Å². The molecule has 0 atom stereocenters. The van der Waals surface area contributed by atoms with E-state index in [2.05, 4.69) is 40.8 Å². The molecule has 0 aliphatic carbocycles. The van der Waals surface area contributed by atoms with Crippen molar-refractivity contribution in [2.75, 3.05) is 51.2 Å². The van der Waals surface area contributed by atoms with E-state index in [0.717, 1.165) is 39.1 Å². The van der Waals surface area contributed by atoms with Crippen LogP contribution in [0.2, 0.25) is 0 Å². The molecule has 0 spiro atoms. The molecule has 20 heavy (non-hydrogen) atoms. The van der Waals surface area contributed by atoms with Crippen LogP contribution in [0.5, 0.6) is 0 Å². The van der Waals surface area contributed by atoms with E-state index in [-0.39, 0.29) is 0 Å². The molecule has 3 heterocycles. The van der Waals surface area contributed by atoms with Crippen LogP contribution in [0, 0.1) is 0 Å². The number of anilines is 1. The van der Waals surface area contributed by atoms with Gasteiger partial charge in [-0.25, -0.2) is 4.98 Å². The Morgan fingerprint density at radius 2 is 1.90 bits per heavy atom. The van der Waals surface area contributed by atoms with Gasteiger partial charge in [0.25, 0.3) is 0 Å². The summed E-state index contributed by atoms with van der Waals surface area (Å²) in [4.78, 5) is 12.3. The Kier molecular flexibility index (Phi) is 4.22. The largest absolute Gasteiger partial charge is 0.354 e. The lowest BCUT2D eigenvalue weighted by molar-refractivity contribution is 0.252. The minimum Gasteiger partial charge on any atom is -0.354 e. The van der Waals surface area contributed by atoms with Crippen LogP contribution in [0.4, 0.5) is 5.82 Å². The van der Waals surface area contributed by atoms with Gasteiger partial charge in [-0.3, -0.25) is 4.90 Å². The molecule has 2 aliphatic heterocycles. The van der Waals surface area contributed by atoms with Gasteiger partial charge in [0.2, 0.25) is 0 Å². The Morgan fingerprint density at radius 3 is 2.65 bits per heavy atom. The fourth-order valence-electron chi connectivity index (χ4n) is 3.18. The van der Waals surface area contributed by atoms with Crippen molar-refractivity contribution in [2.24, 2.45) is 0 Å². The first-order valence-corrected chi connectivity index (χ1v) is 7.91. The number of likely N-dealkylation sites (N-methyl/N-ethyl adjacent to an activating group) is 1. The minimum atomic E-state index is 1.08. The van der Waals surface area contributed by atoms with E-state index in [0.29, 0.717) is 0 Å². The fraction of sp³-hybridized carbons (Fsp3) is 0.688. The van der Waals surface area contributed by atoms with Gasteiger partial charge in [0.15, 0.2) is 0 Å². The SMILES string of the molecule is CCCN1CCc2nc(N3CCN(C)CC3)ccc2C1. The molecular weight excluding hydrogens is 248 g/mol. The maximum Gasteiger partial charge on any atom is 0.128 e. The van der Waals surface area contributed by atoms with Gasteiger partial charge in [0.1, 0.15) is 5.82 Å². The van der Waals surface area contributed by atoms with Crippen LogP contribution in [0.25, 0.3) is 0 Å². The van der Waals surface area contributed by atoms with E-state index in [1.54, 1.807) is 0 Å². The molecule has 1 aromatic heterocycles. The maximum atomic E-state index is 4.94. The van der Waals surface area contributed by atoms with Gasteiger partial charge < -0.3 is 9.80 Å². The summed E-state index contributed by atoms with van der Waals surface area (Å²) in [5.74, 6) is 1.18. The number of nitrogens with zero attached hydrogens (tertiary/aromatic N) is 4. The number of aromatic nitrogens is 1. The van der Waals surface area contributed by atoms with E-state index in [1.165, 1.54) is 36.6 Å². The van der Waals surface area contributed by atoms with Gasteiger partial charge >= 0.3 is 0 Å². The molecule has 0 unspecified atom stereocenters. The highest BCUT2D eigenvalue weighted by Gasteiger charge is 2.20. The molecule has 4 nitrogen and oxygen atoms in total. The summed E-state index contributed by atoms with van der Waals surface area (Å²) in [5, 5.41) is 0. The average Bonchev–Trinajstić information content (AvgIpc) is 2.48. The zero-order chi connectivity index (χ0) is 13.9. The monoisotopic (exact) mass is 274 g/mol. The van der Waals surface area contributed by atoms with Crippen LogP contribution in [-0.4, -0.2) is 61.1 Å². The van der Waals surface area contributed by atoms with Crippen LogP contribution < -0.4 is 4.90 Å². The van der Waals surface area contributed by atoms with Crippen molar-refractivity contribution in [3.05, 3.63) is 23.4 Å². The van der Waals surface area contributed by atoms with Gasteiger partial charge in [-0.2, -0.15) is 0 Å². The first kappa shape index (κ1) is 13.8. The van der Waals surface area contributed by atoms with Crippen molar-refractivity contribution in [1.29, 1.82) is 0 Å². The van der Waals surface area contributed by atoms with Crippen molar-refractivity contribution < 1.29 is 0 Å². The Hall–Kier alpha value is -1.13. The fourth-order valence-corrected chi connectivity index (χ4v) is 3.18. The number of fused-ring (bicyclic) bond motifs is 1. The highest BCUT2D eigenvalue weighted by atomic mass is 15.3. The average molecular weight is 274 g/mol. The molecule has 2 aliphatic rings. The van der Waals surface area contributed by atoms with Crippen molar-refractivity contribution >= 4 is 5.82 Å². The van der Waals surface area contributed by atoms with Crippen LogP contribution in [0.1, 0.15) is 24.6 Å². The lowest BCUT2D eigenvalue weighted by Crippen LogP contribution is -2.45. The van der Waals surface area contributed by atoms with Gasteiger partial charge in [-0.1, -0.05) is 13.0 Å². The Labute approximate surface area is 122 Å². The topological polar surface area (TPSA) is 22.6 Å². The highest BCUT2D eigenvalue weighted by Crippen LogP contribution is 2.22. The standard InChI is InChI=1S/C16H26N4/c1-3-7-19-8-6-15-14(13-19)4-5-16(17-15)20-11-9-18(2)10-12-20/h4-5H,3,6-13H2,1-2H3. The third kappa shape index (κ3) is 2.96. The number of hydrogen-bond donors (Lipinski definition) is 0. The summed E-state index contributed by atoms with van der Waals surface area (Å²) < 4.78 is 0. The predicted octanol–water partition coefficient (Wildman–Crippen LogP) is 1.60. The summed E-state index contributed by atoms with van der Waals surface area (Å²) in [5.41, 5.74) is 2.76. The van der Waals surface area contributed by atoms with E-state index in [9.17, 15) is 0 Å². The summed E-state index contributed by atoms with van der Waals surface area (Å²) in [7, 11) is 2.19. The molecule has 110 valence electrons. The summed E-state index contributed by atoms with van der Waals surface area (Å²) in [6.45, 7) is 10.2. The third-order valence-corrected chi connectivity index (χ3v) is 4.48. The van der Waals surface area contributed by atoms with Crippen molar-refractivity contribution in [3.8, 4) is 0 Å². The smallest absolute Gasteiger partial charge is 0.128 e. The highest BCUT2D eigenvalue weighted by molar-refractivity contribution is 5.43. The van der Waals surface area contributed by atoms with Crippen molar-refractivity contribution in [1.82, 2.24) is 14.8 Å². The quantitative estimate of drug-likeness (QED) is 0.835. The first-order chi connectivity index (χ1) is 9.76. The molecule has 0 radical (unpaired) electrons. The zero-order valence-electron chi connectivity index (χ0n) is 12.8. The van der Waals surface area contributed by atoms with E-state index < -0.39 is 0 Å². The lowest BCUT2D eigenvalue weighted by Gasteiger charge is -2.34. The molecule has 4 heteroatoms. The molecule has 0 N–H and O–H groups in total. The van der Waals surface area contributed by atoms with Gasteiger partial charge in [0, 0.05) is 51.4 Å². The summed E-state index contributed by atoms with van der Waals surface area (Å²) >= 11 is 0. The normalized spacial score (nSPS) is 21.0. The second-order valence-electron chi connectivity index (χ2n) is 6.09. The van der Waals surface area contributed by atoms with E-state index >= 15 is 0 Å². The predicted molar refractivity (Wildman–Crippen MR) is 83.2 cm³/mol. The number of rotatable bonds is 3. The summed E-state index contributed by atoms with van der Waals surface area (Å²) in [6.07, 6.45) is 2.35.